The van der Waals surface area contributed by atoms with E-state index in [9.17, 15) is 5.11 Å². The van der Waals surface area contributed by atoms with Crippen molar-refractivity contribution in [2.45, 2.75) is 125 Å². The van der Waals surface area contributed by atoms with Gasteiger partial charge in [0.15, 0.2) is 0 Å². The van der Waals surface area contributed by atoms with Gasteiger partial charge < -0.3 is 9.84 Å². The summed E-state index contributed by atoms with van der Waals surface area (Å²) in [6.07, 6.45) is 13.7. The Labute approximate surface area is 197 Å². The van der Waals surface area contributed by atoms with Gasteiger partial charge >= 0.3 is 0 Å². The van der Waals surface area contributed by atoms with Crippen LogP contribution in [0.4, 0.5) is 0 Å². The minimum atomic E-state index is -0.122. The van der Waals surface area contributed by atoms with Crippen molar-refractivity contribution in [1.82, 2.24) is 0 Å². The third kappa shape index (κ3) is 2.41. The lowest BCUT2D eigenvalue weighted by atomic mass is 9.31. The Balaban J connectivity index is 1.39. The van der Waals surface area contributed by atoms with Gasteiger partial charge in [-0.15, -0.1) is 0 Å². The first-order valence-electron chi connectivity index (χ1n) is 14.1. The standard InChI is InChI=1S/C30H50O2/c1-25(2)14-16-30-17-15-28(6)19(23(30)24(25)32-18-30)8-9-21-27(5)12-11-22(31)26(3,4)20(27)10-13-29(21,28)7/h19-24,31H,8-18H2,1-7H3/t19-,20+,21+,22-,23-,24-,27+,28-,29-,30-/m1/s1. The van der Waals surface area contributed by atoms with Gasteiger partial charge in [-0.05, 0) is 120 Å². The van der Waals surface area contributed by atoms with Crippen molar-refractivity contribution in [2.75, 3.05) is 6.61 Å². The van der Waals surface area contributed by atoms with Crippen LogP contribution in [-0.4, -0.2) is 23.9 Å². The van der Waals surface area contributed by atoms with E-state index in [4.69, 9.17) is 4.74 Å². The van der Waals surface area contributed by atoms with Crippen LogP contribution in [0.2, 0.25) is 0 Å². The molecule has 32 heavy (non-hydrogen) atoms. The second-order valence-electron chi connectivity index (χ2n) is 15.7. The van der Waals surface area contributed by atoms with Crippen molar-refractivity contribution in [2.24, 2.45) is 56.2 Å². The molecule has 0 spiro atoms. The third-order valence-electron chi connectivity index (χ3n) is 14.1. The highest BCUT2D eigenvalue weighted by atomic mass is 16.5. The molecule has 1 aliphatic heterocycles. The van der Waals surface area contributed by atoms with E-state index in [1.54, 1.807) is 0 Å². The van der Waals surface area contributed by atoms with Crippen LogP contribution in [0, 0.1) is 56.2 Å². The fourth-order valence-electron chi connectivity index (χ4n) is 12.0. The lowest BCUT2D eigenvalue weighted by Gasteiger charge is -2.73. The lowest BCUT2D eigenvalue weighted by Crippen LogP contribution is -2.67. The van der Waals surface area contributed by atoms with Crippen molar-refractivity contribution in [1.29, 1.82) is 0 Å². The number of aliphatic hydroxyl groups excluding tert-OH is 1. The molecule has 6 fully saturated rings. The average molecular weight is 443 g/mol. The number of aliphatic hydroxyl groups is 1. The predicted molar refractivity (Wildman–Crippen MR) is 130 cm³/mol. The van der Waals surface area contributed by atoms with E-state index in [0.717, 1.165) is 30.8 Å². The van der Waals surface area contributed by atoms with Gasteiger partial charge in [-0.25, -0.2) is 0 Å². The van der Waals surface area contributed by atoms with E-state index >= 15 is 0 Å². The molecule has 0 unspecified atom stereocenters. The summed E-state index contributed by atoms with van der Waals surface area (Å²) in [5.74, 6) is 3.11. The molecule has 6 aliphatic rings. The molecule has 2 bridgehead atoms. The topological polar surface area (TPSA) is 29.5 Å². The summed E-state index contributed by atoms with van der Waals surface area (Å²) in [6, 6.07) is 0. The summed E-state index contributed by atoms with van der Waals surface area (Å²) >= 11 is 0. The lowest BCUT2D eigenvalue weighted by molar-refractivity contribution is -0.252. The second kappa shape index (κ2) is 6.37. The third-order valence-corrected chi connectivity index (χ3v) is 14.1. The molecule has 1 heterocycles. The zero-order valence-electron chi connectivity index (χ0n) is 22.1. The Morgan fingerprint density at radius 1 is 0.688 bits per heavy atom. The second-order valence-corrected chi connectivity index (χ2v) is 15.7. The highest BCUT2D eigenvalue weighted by Crippen LogP contribution is 2.78. The van der Waals surface area contributed by atoms with E-state index in [2.05, 4.69) is 48.5 Å². The maximum Gasteiger partial charge on any atom is 0.0663 e. The highest BCUT2D eigenvalue weighted by Gasteiger charge is 2.72. The Bertz CT molecular complexity index is 801. The molecule has 5 aliphatic carbocycles. The zero-order valence-corrected chi connectivity index (χ0v) is 22.1. The van der Waals surface area contributed by atoms with Crippen LogP contribution in [0.1, 0.15) is 113 Å². The summed E-state index contributed by atoms with van der Waals surface area (Å²) in [5, 5.41) is 10.9. The molecule has 6 rings (SSSR count). The molecule has 10 atom stereocenters. The quantitative estimate of drug-likeness (QED) is 0.428. The largest absolute Gasteiger partial charge is 0.393 e. The van der Waals surface area contributed by atoms with Crippen LogP contribution in [0.5, 0.6) is 0 Å². The first-order chi connectivity index (χ1) is 14.8. The molecule has 1 N–H and O–H groups in total. The van der Waals surface area contributed by atoms with E-state index < -0.39 is 0 Å². The Hall–Kier alpha value is -0.0800. The van der Waals surface area contributed by atoms with E-state index in [0.29, 0.717) is 39.1 Å². The monoisotopic (exact) mass is 442 g/mol. The molecule has 0 aromatic rings. The van der Waals surface area contributed by atoms with Crippen molar-refractivity contribution in [3.8, 4) is 0 Å². The molecule has 0 aromatic heterocycles. The minimum Gasteiger partial charge on any atom is -0.393 e. The molecular weight excluding hydrogens is 392 g/mol. The molecule has 2 heteroatoms. The first kappa shape index (κ1) is 22.4. The van der Waals surface area contributed by atoms with Crippen LogP contribution in [-0.2, 0) is 4.74 Å². The minimum absolute atomic E-state index is 0.0586. The first-order valence-corrected chi connectivity index (χ1v) is 14.1. The maximum atomic E-state index is 10.9. The fraction of sp³-hybridized carbons (Fsp3) is 1.00. The number of hydrogen-bond acceptors (Lipinski definition) is 2. The summed E-state index contributed by atoms with van der Waals surface area (Å²) in [5.41, 5.74) is 2.16. The summed E-state index contributed by atoms with van der Waals surface area (Å²) in [4.78, 5) is 0. The van der Waals surface area contributed by atoms with Crippen molar-refractivity contribution < 1.29 is 9.84 Å². The molecule has 1 saturated heterocycles. The van der Waals surface area contributed by atoms with Crippen molar-refractivity contribution >= 4 is 0 Å². The number of hydrogen-bond donors (Lipinski definition) is 1. The number of ether oxygens (including phenoxy) is 1. The number of fused-ring (bicyclic) bond motifs is 5. The Morgan fingerprint density at radius 2 is 1.41 bits per heavy atom. The van der Waals surface area contributed by atoms with Gasteiger partial charge in [0.05, 0.1) is 18.8 Å². The van der Waals surface area contributed by atoms with Crippen molar-refractivity contribution in [3.05, 3.63) is 0 Å². The normalized spacial score (nSPS) is 60.0. The summed E-state index contributed by atoms with van der Waals surface area (Å²) in [6.45, 7) is 18.9. The molecular formula is C30H50O2. The van der Waals surface area contributed by atoms with Gasteiger partial charge in [-0.2, -0.15) is 0 Å². The molecule has 0 aromatic carbocycles. The number of rotatable bonds is 0. The van der Waals surface area contributed by atoms with Crippen LogP contribution in [0.25, 0.3) is 0 Å². The average Bonchev–Trinajstić information content (AvgIpc) is 3.05. The predicted octanol–water partition coefficient (Wildman–Crippen LogP) is 7.24. The van der Waals surface area contributed by atoms with Gasteiger partial charge in [-0.1, -0.05) is 48.5 Å². The van der Waals surface area contributed by atoms with Gasteiger partial charge in [0.1, 0.15) is 0 Å². The van der Waals surface area contributed by atoms with Gasteiger partial charge in [0, 0.05) is 0 Å². The van der Waals surface area contributed by atoms with Crippen LogP contribution in [0.15, 0.2) is 0 Å². The molecule has 2 nitrogen and oxygen atoms in total. The van der Waals surface area contributed by atoms with Gasteiger partial charge in [-0.3, -0.25) is 0 Å². The summed E-state index contributed by atoms with van der Waals surface area (Å²) < 4.78 is 6.71. The SMILES string of the molecule is CC1(C)CC[C@]23CC[C@]4(C)[C@H](CC[C@H]5[C@@]6(C)CC[C@@H](O)C(C)(C)[C@@H]6CC[C@]54C)[C@@H]2[C@H]1OC3. The molecule has 182 valence electrons. The molecule has 0 amide bonds. The van der Waals surface area contributed by atoms with Crippen molar-refractivity contribution in [3.63, 3.8) is 0 Å². The Kier molecular flexibility index (Phi) is 4.46. The van der Waals surface area contributed by atoms with Gasteiger partial charge in [0.25, 0.3) is 0 Å². The fourth-order valence-corrected chi connectivity index (χ4v) is 12.0. The van der Waals surface area contributed by atoms with Crippen LogP contribution < -0.4 is 0 Å². The maximum absolute atomic E-state index is 10.9. The Morgan fingerprint density at radius 3 is 2.16 bits per heavy atom. The van der Waals surface area contributed by atoms with E-state index in [1.165, 1.54) is 57.8 Å². The van der Waals surface area contributed by atoms with E-state index in [1.807, 2.05) is 0 Å². The van der Waals surface area contributed by atoms with Gasteiger partial charge in [0.2, 0.25) is 0 Å². The molecule has 0 radical (unpaired) electrons. The van der Waals surface area contributed by atoms with E-state index in [-0.39, 0.29) is 11.5 Å². The van der Waals surface area contributed by atoms with Crippen LogP contribution >= 0.6 is 0 Å². The zero-order chi connectivity index (χ0) is 22.9. The summed E-state index contributed by atoms with van der Waals surface area (Å²) in [7, 11) is 0. The highest BCUT2D eigenvalue weighted by molar-refractivity contribution is 5.21. The smallest absolute Gasteiger partial charge is 0.0663 e. The molecule has 5 saturated carbocycles. The van der Waals surface area contributed by atoms with Crippen LogP contribution in [0.3, 0.4) is 0 Å².